The fourth-order valence-electron chi connectivity index (χ4n) is 3.87. The molecule has 0 spiro atoms. The Morgan fingerprint density at radius 2 is 1.76 bits per heavy atom. The van der Waals surface area contributed by atoms with Gasteiger partial charge in [-0.05, 0) is 47.5 Å². The minimum atomic E-state index is -0.525. The number of amides is 1. The molecule has 5 rings (SSSR count). The molecule has 0 bridgehead atoms. The van der Waals surface area contributed by atoms with Gasteiger partial charge in [-0.3, -0.25) is 4.79 Å². The van der Waals surface area contributed by atoms with Crippen molar-refractivity contribution in [1.82, 2.24) is 20.4 Å². The van der Waals surface area contributed by atoms with Crippen molar-refractivity contribution in [2.45, 2.75) is 0 Å². The van der Waals surface area contributed by atoms with E-state index in [4.69, 9.17) is 4.74 Å². The molecule has 1 fully saturated rings. The summed E-state index contributed by atoms with van der Waals surface area (Å²) in [4.78, 5) is 26.7. The third-order valence-corrected chi connectivity index (χ3v) is 5.71. The summed E-state index contributed by atoms with van der Waals surface area (Å²) in [6, 6.07) is 18.1. The van der Waals surface area contributed by atoms with Crippen molar-refractivity contribution in [1.29, 1.82) is 0 Å². The van der Waals surface area contributed by atoms with Crippen LogP contribution in [-0.2, 0) is 4.74 Å². The van der Waals surface area contributed by atoms with Crippen LogP contribution in [0.1, 0.15) is 10.5 Å². The van der Waals surface area contributed by atoms with Gasteiger partial charge in [0.05, 0.1) is 31.3 Å². The lowest BCUT2D eigenvalue weighted by molar-refractivity contribution is -0.625. The lowest BCUT2D eigenvalue weighted by atomic mass is 10.0. The van der Waals surface area contributed by atoms with E-state index >= 15 is 0 Å². The van der Waals surface area contributed by atoms with Crippen LogP contribution in [0.4, 0.5) is 27.5 Å². The molecular formula is C26H25FN7O3+. The van der Waals surface area contributed by atoms with Crippen LogP contribution in [0.25, 0.3) is 11.1 Å². The molecule has 188 valence electrons. The maximum Gasteiger partial charge on any atom is 0.352 e. The smallest absolute Gasteiger partial charge is 0.352 e. The van der Waals surface area contributed by atoms with Gasteiger partial charge in [0.1, 0.15) is 11.4 Å². The Morgan fingerprint density at radius 3 is 2.51 bits per heavy atom. The molecular weight excluding hydrogens is 477 g/mol. The quantitative estimate of drug-likeness (QED) is 0.172. The zero-order valence-electron chi connectivity index (χ0n) is 19.8. The third-order valence-electron chi connectivity index (χ3n) is 5.71. The highest BCUT2D eigenvalue weighted by atomic mass is 19.1. The van der Waals surface area contributed by atoms with E-state index in [1.54, 1.807) is 41.4 Å². The molecule has 0 saturated carbocycles. The normalized spacial score (nSPS) is 13.3. The first-order valence-corrected chi connectivity index (χ1v) is 11.7. The fourth-order valence-corrected chi connectivity index (χ4v) is 3.87. The number of hydrogen-bond acceptors (Lipinski definition) is 8. The average molecular weight is 503 g/mol. The first-order chi connectivity index (χ1) is 18.0. The molecule has 0 aliphatic carbocycles. The van der Waals surface area contributed by atoms with E-state index in [9.17, 15) is 14.3 Å². The van der Waals surface area contributed by atoms with E-state index in [-0.39, 0.29) is 23.2 Å². The molecule has 1 amide bonds. The number of morpholine rings is 1. The van der Waals surface area contributed by atoms with Crippen LogP contribution in [0.2, 0.25) is 0 Å². The molecule has 4 aromatic rings. The molecule has 10 nitrogen and oxygen atoms in total. The van der Waals surface area contributed by atoms with Crippen LogP contribution in [0, 0.1) is 5.82 Å². The van der Waals surface area contributed by atoms with Gasteiger partial charge in [0.2, 0.25) is 0 Å². The summed E-state index contributed by atoms with van der Waals surface area (Å²) in [5.41, 5.74) is 7.50. The third kappa shape index (κ3) is 5.97. The Labute approximate surface area is 212 Å². The Hall–Kier alpha value is -4.61. The number of hydrogen-bond donors (Lipinski definition) is 4. The Balaban J connectivity index is 1.20. The van der Waals surface area contributed by atoms with Crippen LogP contribution >= 0.6 is 0 Å². The maximum atomic E-state index is 14.2. The van der Waals surface area contributed by atoms with Crippen molar-refractivity contribution in [3.05, 3.63) is 84.6 Å². The van der Waals surface area contributed by atoms with Gasteiger partial charge >= 0.3 is 11.9 Å². The summed E-state index contributed by atoms with van der Waals surface area (Å²) in [5, 5.41) is 13.0. The van der Waals surface area contributed by atoms with Crippen molar-refractivity contribution in [2.75, 3.05) is 36.5 Å². The monoisotopic (exact) mass is 502 g/mol. The SMILES string of the molecule is O=C(N[NH2+]c1ncc(F)c(N2CCOCC2)n1)c1ccc(Nc2cccc(-c3cccc(O)c3)c2)cn1. The minimum absolute atomic E-state index is 0.181. The van der Waals surface area contributed by atoms with E-state index in [2.05, 4.69) is 25.7 Å². The van der Waals surface area contributed by atoms with Gasteiger partial charge in [-0.1, -0.05) is 24.3 Å². The molecule has 1 aliphatic rings. The predicted molar refractivity (Wildman–Crippen MR) is 135 cm³/mol. The van der Waals surface area contributed by atoms with Gasteiger partial charge < -0.3 is 20.1 Å². The van der Waals surface area contributed by atoms with Crippen molar-refractivity contribution >= 4 is 29.0 Å². The molecule has 5 N–H and O–H groups in total. The zero-order chi connectivity index (χ0) is 25.6. The van der Waals surface area contributed by atoms with Crippen LogP contribution < -0.4 is 21.1 Å². The molecule has 0 radical (unpaired) electrons. The number of quaternary nitrogens is 1. The van der Waals surface area contributed by atoms with E-state index in [0.717, 1.165) is 23.0 Å². The Bertz CT molecular complexity index is 1400. The number of aromatic nitrogens is 3. The number of carbonyl (C=O) groups excluding carboxylic acids is 1. The van der Waals surface area contributed by atoms with E-state index < -0.39 is 11.7 Å². The number of carbonyl (C=O) groups is 1. The number of nitrogen functional groups attached to an aromatic ring is 1. The van der Waals surface area contributed by atoms with Gasteiger partial charge in [0, 0.05) is 18.8 Å². The van der Waals surface area contributed by atoms with Crippen LogP contribution in [0.15, 0.2) is 73.1 Å². The number of rotatable bonds is 7. The topological polar surface area (TPSA) is 129 Å². The number of nitrogens with one attached hydrogen (secondary N) is 2. The van der Waals surface area contributed by atoms with E-state index in [1.165, 1.54) is 5.43 Å². The second-order valence-electron chi connectivity index (χ2n) is 8.31. The average Bonchev–Trinajstić information content (AvgIpc) is 2.93. The van der Waals surface area contributed by atoms with Crippen LogP contribution in [-0.4, -0.2) is 52.3 Å². The molecule has 3 heterocycles. The van der Waals surface area contributed by atoms with Gasteiger partial charge in [-0.2, -0.15) is 20.8 Å². The summed E-state index contributed by atoms with van der Waals surface area (Å²) in [7, 11) is 0. The maximum absolute atomic E-state index is 14.2. The number of nitrogens with two attached hydrogens (primary N) is 1. The molecule has 2 aromatic carbocycles. The highest BCUT2D eigenvalue weighted by Gasteiger charge is 2.19. The lowest BCUT2D eigenvalue weighted by Crippen LogP contribution is -2.90. The highest BCUT2D eigenvalue weighted by molar-refractivity contribution is 5.91. The second-order valence-corrected chi connectivity index (χ2v) is 8.31. The van der Waals surface area contributed by atoms with Gasteiger partial charge in [0.15, 0.2) is 11.6 Å². The van der Waals surface area contributed by atoms with Crippen LogP contribution in [0.3, 0.4) is 0 Å². The number of nitrogens with zero attached hydrogens (tertiary/aromatic N) is 4. The summed E-state index contributed by atoms with van der Waals surface area (Å²) in [6.45, 7) is 2.06. The predicted octanol–water partition coefficient (Wildman–Crippen LogP) is 2.50. The fraction of sp³-hybridized carbons (Fsp3) is 0.154. The standard InChI is InChI=1S/C26H24FN7O3/c27-22-16-29-26(31-24(22)34-9-11-37-12-10-34)33-32-25(36)23-8-7-20(15-28-23)30-19-5-1-3-17(13-19)18-4-2-6-21(35)14-18/h1-8,13-16,30,35H,9-12H2,(H,32,36)(H,29,31,33)/p+1. The molecule has 1 saturated heterocycles. The zero-order valence-corrected chi connectivity index (χ0v) is 19.8. The number of pyridine rings is 1. The van der Waals surface area contributed by atoms with E-state index in [1.807, 2.05) is 30.3 Å². The number of phenolic OH excluding ortho intramolecular Hbond substituents is 1. The second kappa shape index (κ2) is 11.0. The number of aromatic hydroxyl groups is 1. The lowest BCUT2D eigenvalue weighted by Gasteiger charge is -2.27. The Morgan fingerprint density at radius 1 is 0.973 bits per heavy atom. The first-order valence-electron chi connectivity index (χ1n) is 11.7. The molecule has 2 aromatic heterocycles. The molecule has 0 atom stereocenters. The summed E-state index contributed by atoms with van der Waals surface area (Å²) >= 11 is 0. The molecule has 37 heavy (non-hydrogen) atoms. The van der Waals surface area contributed by atoms with Crippen molar-refractivity contribution < 1.29 is 24.5 Å². The van der Waals surface area contributed by atoms with Gasteiger partial charge in [-0.15, -0.1) is 0 Å². The number of phenols is 1. The summed E-state index contributed by atoms with van der Waals surface area (Å²) in [5.74, 6) is -0.405. The van der Waals surface area contributed by atoms with Crippen molar-refractivity contribution in [3.8, 4) is 16.9 Å². The largest absolute Gasteiger partial charge is 0.508 e. The van der Waals surface area contributed by atoms with Gasteiger partial charge in [-0.25, -0.2) is 9.37 Å². The number of benzene rings is 2. The Kier molecular flexibility index (Phi) is 7.15. The van der Waals surface area contributed by atoms with Crippen molar-refractivity contribution in [2.24, 2.45) is 0 Å². The summed E-state index contributed by atoms with van der Waals surface area (Å²) < 4.78 is 19.5. The number of anilines is 3. The molecule has 11 heteroatoms. The van der Waals surface area contributed by atoms with Gasteiger partial charge in [0.25, 0.3) is 0 Å². The summed E-state index contributed by atoms with van der Waals surface area (Å²) in [6.07, 6.45) is 2.64. The van der Waals surface area contributed by atoms with Crippen LogP contribution in [0.5, 0.6) is 5.75 Å². The minimum Gasteiger partial charge on any atom is -0.508 e. The van der Waals surface area contributed by atoms with Crippen molar-refractivity contribution in [3.63, 3.8) is 0 Å². The number of ether oxygens (including phenoxy) is 1. The number of halogens is 1. The highest BCUT2D eigenvalue weighted by Crippen LogP contribution is 2.27. The van der Waals surface area contributed by atoms with E-state index in [0.29, 0.717) is 32.0 Å². The molecule has 0 unspecified atom stereocenters. The molecule has 1 aliphatic heterocycles. The first kappa shape index (κ1) is 24.1.